The first-order valence-corrected chi connectivity index (χ1v) is 14.8. The minimum Gasteiger partial charge on any atom is -0.496 e. The van der Waals surface area contributed by atoms with E-state index in [-0.39, 0.29) is 27.2 Å². The number of rotatable bonds is 8. The van der Waals surface area contributed by atoms with Crippen LogP contribution >= 0.6 is 34.5 Å². The number of fused-ring (bicyclic) bond motifs is 1. The van der Waals surface area contributed by atoms with Gasteiger partial charge in [-0.3, -0.25) is 24.3 Å². The first kappa shape index (κ1) is 30.3. The van der Waals surface area contributed by atoms with Gasteiger partial charge >= 0.3 is 0 Å². The summed E-state index contributed by atoms with van der Waals surface area (Å²) in [6, 6.07) is 12.3. The third kappa shape index (κ3) is 5.51. The van der Waals surface area contributed by atoms with Crippen LogP contribution in [0.1, 0.15) is 38.1 Å². The summed E-state index contributed by atoms with van der Waals surface area (Å²) in [7, 11) is 1.55. The number of ether oxygens (including phenoxy) is 1. The van der Waals surface area contributed by atoms with E-state index < -0.39 is 11.0 Å². The lowest BCUT2D eigenvalue weighted by Crippen LogP contribution is -2.43. The van der Waals surface area contributed by atoms with E-state index in [4.69, 9.17) is 32.4 Å². The van der Waals surface area contributed by atoms with Crippen LogP contribution in [0, 0.1) is 10.1 Å². The van der Waals surface area contributed by atoms with Crippen LogP contribution in [0.4, 0.5) is 5.69 Å². The number of hydrogen-bond acceptors (Lipinski definition) is 8. The first-order valence-electron chi connectivity index (χ1n) is 13.3. The summed E-state index contributed by atoms with van der Waals surface area (Å²) in [6.45, 7) is 6.58. The zero-order valence-electron chi connectivity index (χ0n) is 23.6. The SMILES string of the molecule is CCN(CC)C(=O)C1=C(C)N=c2s/c(=C/c3ccc(-c4cc(Cl)c([N+](=O)[O-])cc4Cl)o3)c(=O)n2[C@H]1c1ccccc1OC. The number of likely N-dealkylation sites (N-methyl/N-ethyl adjacent to an activating group) is 1. The van der Waals surface area contributed by atoms with Crippen LogP contribution in [-0.4, -0.2) is 40.5 Å². The Kier molecular flexibility index (Phi) is 8.59. The van der Waals surface area contributed by atoms with Crippen LogP contribution in [-0.2, 0) is 4.79 Å². The second-order valence-corrected chi connectivity index (χ2v) is 11.4. The van der Waals surface area contributed by atoms with E-state index >= 15 is 0 Å². The van der Waals surface area contributed by atoms with Crippen LogP contribution in [0.15, 0.2) is 74.0 Å². The highest BCUT2D eigenvalue weighted by molar-refractivity contribution is 7.07. The fourth-order valence-corrected chi connectivity index (χ4v) is 6.54. The fraction of sp³-hybridized carbons (Fsp3) is 0.233. The molecule has 0 saturated carbocycles. The summed E-state index contributed by atoms with van der Waals surface area (Å²) in [4.78, 5) is 45.2. The molecule has 0 saturated heterocycles. The molecule has 222 valence electrons. The van der Waals surface area contributed by atoms with Crippen LogP contribution in [0.3, 0.4) is 0 Å². The van der Waals surface area contributed by atoms with Gasteiger partial charge < -0.3 is 14.1 Å². The predicted octanol–water partition coefficient (Wildman–Crippen LogP) is 5.59. The van der Waals surface area contributed by atoms with Crippen LogP contribution in [0.2, 0.25) is 10.0 Å². The Bertz CT molecular complexity index is 1970. The van der Waals surface area contributed by atoms with Crippen molar-refractivity contribution in [2.45, 2.75) is 26.8 Å². The summed E-state index contributed by atoms with van der Waals surface area (Å²) >= 11 is 13.6. The van der Waals surface area contributed by atoms with Crippen LogP contribution in [0.25, 0.3) is 17.4 Å². The number of methoxy groups -OCH3 is 1. The van der Waals surface area contributed by atoms with Gasteiger partial charge in [-0.2, -0.15) is 0 Å². The molecule has 1 amide bonds. The number of allylic oxidation sites excluding steroid dienone is 1. The van der Waals surface area contributed by atoms with Crippen molar-refractivity contribution in [2.24, 2.45) is 4.99 Å². The summed E-state index contributed by atoms with van der Waals surface area (Å²) in [6.07, 6.45) is 1.58. The number of carbonyl (C=O) groups is 1. The normalized spacial score (nSPS) is 14.8. The number of halogens is 2. The number of thiazole rings is 1. The first-order chi connectivity index (χ1) is 20.6. The van der Waals surface area contributed by atoms with Gasteiger partial charge in [0, 0.05) is 36.4 Å². The van der Waals surface area contributed by atoms with Gasteiger partial charge in [-0.15, -0.1) is 0 Å². The molecule has 0 spiro atoms. The molecule has 1 aliphatic rings. The Morgan fingerprint density at radius 1 is 1.19 bits per heavy atom. The van der Waals surface area contributed by atoms with E-state index in [9.17, 15) is 19.7 Å². The minimum atomic E-state index is -0.768. The Morgan fingerprint density at radius 2 is 1.91 bits per heavy atom. The lowest BCUT2D eigenvalue weighted by atomic mass is 9.94. The Labute approximate surface area is 259 Å². The number of nitro groups is 1. The topological polar surface area (TPSA) is 120 Å². The van der Waals surface area contributed by atoms with Crippen molar-refractivity contribution in [3.8, 4) is 17.1 Å². The number of hydrogen-bond donors (Lipinski definition) is 0. The molecule has 5 rings (SSSR count). The maximum Gasteiger partial charge on any atom is 0.289 e. The van der Waals surface area contributed by atoms with Gasteiger partial charge in [0.1, 0.15) is 28.3 Å². The quantitative estimate of drug-likeness (QED) is 0.183. The smallest absolute Gasteiger partial charge is 0.289 e. The average molecular weight is 642 g/mol. The molecule has 43 heavy (non-hydrogen) atoms. The number of para-hydroxylation sites is 1. The number of amides is 1. The van der Waals surface area contributed by atoms with Gasteiger partial charge in [-0.05, 0) is 45.0 Å². The zero-order chi connectivity index (χ0) is 31.0. The van der Waals surface area contributed by atoms with Gasteiger partial charge in [0.25, 0.3) is 17.2 Å². The molecule has 4 aromatic rings. The number of furan rings is 1. The zero-order valence-corrected chi connectivity index (χ0v) is 25.9. The lowest BCUT2D eigenvalue weighted by Gasteiger charge is -2.29. The van der Waals surface area contributed by atoms with Crippen molar-refractivity contribution in [1.29, 1.82) is 0 Å². The molecule has 10 nitrogen and oxygen atoms in total. The van der Waals surface area contributed by atoms with E-state index in [2.05, 4.69) is 4.99 Å². The Hall–Kier alpha value is -4.19. The van der Waals surface area contributed by atoms with Crippen molar-refractivity contribution in [3.05, 3.63) is 111 Å². The molecule has 1 aliphatic heterocycles. The van der Waals surface area contributed by atoms with Crippen molar-refractivity contribution in [1.82, 2.24) is 9.47 Å². The lowest BCUT2D eigenvalue weighted by molar-refractivity contribution is -0.384. The number of nitrogens with zero attached hydrogens (tertiary/aromatic N) is 4. The maximum absolute atomic E-state index is 14.0. The fourth-order valence-electron chi connectivity index (χ4n) is 5.03. The van der Waals surface area contributed by atoms with Crippen molar-refractivity contribution >= 4 is 52.2 Å². The highest BCUT2D eigenvalue weighted by Crippen LogP contribution is 2.38. The van der Waals surface area contributed by atoms with Gasteiger partial charge in [0.2, 0.25) is 0 Å². The summed E-state index contributed by atoms with van der Waals surface area (Å²) in [5, 5.41) is 11.2. The van der Waals surface area contributed by atoms with E-state index in [1.54, 1.807) is 43.2 Å². The molecule has 0 fully saturated rings. The highest BCUT2D eigenvalue weighted by Gasteiger charge is 2.35. The van der Waals surface area contributed by atoms with Gasteiger partial charge in [-0.1, -0.05) is 52.7 Å². The second kappa shape index (κ2) is 12.2. The third-order valence-corrected chi connectivity index (χ3v) is 8.73. The molecule has 0 N–H and O–H groups in total. The van der Waals surface area contributed by atoms with E-state index in [0.717, 1.165) is 6.07 Å². The van der Waals surface area contributed by atoms with Gasteiger partial charge in [0.15, 0.2) is 4.80 Å². The molecular weight excluding hydrogens is 615 g/mol. The Morgan fingerprint density at radius 3 is 2.58 bits per heavy atom. The summed E-state index contributed by atoms with van der Waals surface area (Å²) in [5.74, 6) is 0.993. The van der Waals surface area contributed by atoms with Gasteiger partial charge in [-0.25, -0.2) is 4.99 Å². The van der Waals surface area contributed by atoms with Gasteiger partial charge in [0.05, 0.1) is 32.9 Å². The van der Waals surface area contributed by atoms with E-state index in [1.165, 1.54) is 22.0 Å². The maximum atomic E-state index is 14.0. The van der Waals surface area contributed by atoms with E-state index in [0.29, 0.717) is 62.1 Å². The molecule has 2 aromatic carbocycles. The molecule has 1 atom stereocenters. The molecule has 0 unspecified atom stereocenters. The van der Waals surface area contributed by atoms with Crippen molar-refractivity contribution < 1.29 is 18.9 Å². The second-order valence-electron chi connectivity index (χ2n) is 9.54. The van der Waals surface area contributed by atoms with Crippen molar-refractivity contribution in [2.75, 3.05) is 20.2 Å². The highest BCUT2D eigenvalue weighted by atomic mass is 35.5. The summed E-state index contributed by atoms with van der Waals surface area (Å²) < 4.78 is 13.5. The molecule has 0 aliphatic carbocycles. The monoisotopic (exact) mass is 640 g/mol. The molecule has 13 heteroatoms. The van der Waals surface area contributed by atoms with Crippen LogP contribution < -0.4 is 19.6 Å². The van der Waals surface area contributed by atoms with Crippen LogP contribution in [0.5, 0.6) is 5.75 Å². The molecule has 3 heterocycles. The molecule has 0 bridgehead atoms. The molecule has 2 aromatic heterocycles. The number of nitro benzene ring substituents is 1. The molecule has 0 radical (unpaired) electrons. The predicted molar refractivity (Wildman–Crippen MR) is 166 cm³/mol. The number of aromatic nitrogens is 1. The summed E-state index contributed by atoms with van der Waals surface area (Å²) in [5.41, 5.74) is 1.27. The number of benzene rings is 2. The van der Waals surface area contributed by atoms with Crippen molar-refractivity contribution in [3.63, 3.8) is 0 Å². The number of carbonyl (C=O) groups excluding carboxylic acids is 1. The third-order valence-electron chi connectivity index (χ3n) is 7.14. The molecular formula is C30H26Cl2N4O6S. The minimum absolute atomic E-state index is 0.0857. The Balaban J connectivity index is 1.65. The largest absolute Gasteiger partial charge is 0.496 e. The average Bonchev–Trinajstić information content (AvgIpc) is 3.57. The standard InChI is InChI=1S/C30H26Cl2N4O6S/c1-5-34(6-2)29(38)26-16(3)33-30-35(27(26)18-9-7-8-10-23(18)41-4)28(37)25(43-30)13-17-11-12-24(42-17)19-14-21(32)22(36(39)40)15-20(19)31/h7-15,27H,5-6H2,1-4H3/b25-13+/t27-/m0/s1. The van der Waals surface area contributed by atoms with E-state index in [1.807, 2.05) is 32.0 Å².